The summed E-state index contributed by atoms with van der Waals surface area (Å²) >= 11 is 0. The average molecular weight is 512 g/mol. The van der Waals surface area contributed by atoms with Gasteiger partial charge in [-0.25, -0.2) is 0 Å². The summed E-state index contributed by atoms with van der Waals surface area (Å²) in [7, 11) is 0. The summed E-state index contributed by atoms with van der Waals surface area (Å²) in [5.41, 5.74) is 9.59. The molecule has 0 bridgehead atoms. The van der Waals surface area contributed by atoms with Gasteiger partial charge >= 0.3 is 0 Å². The zero-order valence-corrected chi connectivity index (χ0v) is 21.4. The van der Waals surface area contributed by atoms with E-state index >= 15 is 0 Å². The number of pyridine rings is 1. The predicted molar refractivity (Wildman–Crippen MR) is 161 cm³/mol. The molecule has 0 radical (unpaired) electrons. The van der Waals surface area contributed by atoms with Crippen molar-refractivity contribution in [2.24, 2.45) is 0 Å². The first kappa shape index (κ1) is 22.3. The van der Waals surface area contributed by atoms with E-state index in [-0.39, 0.29) is 0 Å². The second-order valence-electron chi connectivity index (χ2n) is 9.88. The monoisotopic (exact) mass is 511 g/mol. The maximum absolute atomic E-state index is 9.82. The Balaban J connectivity index is 1.47. The summed E-state index contributed by atoms with van der Waals surface area (Å²) in [6.07, 6.45) is 3.37. The number of aromatic nitrogens is 2. The van der Waals surface area contributed by atoms with E-state index in [4.69, 9.17) is 4.42 Å². The first-order valence-corrected chi connectivity index (χ1v) is 13.2. The lowest BCUT2D eigenvalue weighted by atomic mass is 9.92. The summed E-state index contributed by atoms with van der Waals surface area (Å²) in [5.74, 6) is 0. The molecule has 5 aromatic carbocycles. The molecule has 3 heterocycles. The fourth-order valence-corrected chi connectivity index (χ4v) is 6.06. The standard InChI is InChI=1S/C36H21N3O/c37-21-23-22-38-20-19-24(23)25-9-1-2-10-26(25)27-11-3-6-14-31(27)39-32-15-7-4-13-30(32)35-33(39)18-17-29-28-12-5-8-16-34(28)40-36(29)35/h1-20,22H. The van der Waals surface area contributed by atoms with Gasteiger partial charge in [-0.3, -0.25) is 4.98 Å². The summed E-state index contributed by atoms with van der Waals surface area (Å²) in [4.78, 5) is 4.18. The van der Waals surface area contributed by atoms with Crippen LogP contribution >= 0.6 is 0 Å². The van der Waals surface area contributed by atoms with Gasteiger partial charge in [-0.1, -0.05) is 78.9 Å². The minimum absolute atomic E-state index is 0.552. The van der Waals surface area contributed by atoms with Crippen molar-refractivity contribution in [3.05, 3.63) is 133 Å². The van der Waals surface area contributed by atoms with Crippen LogP contribution in [0.4, 0.5) is 0 Å². The Labute approximate surface area is 230 Å². The van der Waals surface area contributed by atoms with Crippen molar-refractivity contribution in [3.63, 3.8) is 0 Å². The van der Waals surface area contributed by atoms with Crippen LogP contribution in [-0.4, -0.2) is 9.55 Å². The smallest absolute Gasteiger partial charge is 0.145 e. The first-order chi connectivity index (χ1) is 19.8. The third-order valence-electron chi connectivity index (χ3n) is 7.77. The van der Waals surface area contributed by atoms with Crippen LogP contribution in [0.1, 0.15) is 5.56 Å². The Morgan fingerprint density at radius 1 is 0.600 bits per heavy atom. The van der Waals surface area contributed by atoms with Gasteiger partial charge in [0.05, 0.1) is 27.7 Å². The number of nitrogens with zero attached hydrogens (tertiary/aromatic N) is 3. The van der Waals surface area contributed by atoms with Gasteiger partial charge in [-0.05, 0) is 47.5 Å². The van der Waals surface area contributed by atoms with Gasteiger partial charge in [0, 0.05) is 39.7 Å². The number of para-hydroxylation sites is 3. The van der Waals surface area contributed by atoms with E-state index in [1.165, 1.54) is 0 Å². The minimum Gasteiger partial charge on any atom is -0.455 e. The van der Waals surface area contributed by atoms with Gasteiger partial charge in [-0.2, -0.15) is 5.26 Å². The van der Waals surface area contributed by atoms with Crippen LogP contribution in [0.25, 0.3) is 71.7 Å². The Morgan fingerprint density at radius 2 is 1.30 bits per heavy atom. The van der Waals surface area contributed by atoms with E-state index < -0.39 is 0 Å². The third kappa shape index (κ3) is 3.15. The number of rotatable bonds is 3. The number of hydrogen-bond donors (Lipinski definition) is 0. The van der Waals surface area contributed by atoms with Crippen LogP contribution in [-0.2, 0) is 0 Å². The molecule has 0 fully saturated rings. The van der Waals surface area contributed by atoms with E-state index in [1.807, 2.05) is 30.3 Å². The molecule has 8 aromatic rings. The molecule has 0 atom stereocenters. The van der Waals surface area contributed by atoms with Crippen molar-refractivity contribution in [2.45, 2.75) is 0 Å². The molecule has 0 saturated heterocycles. The van der Waals surface area contributed by atoms with Crippen LogP contribution in [0, 0.1) is 11.3 Å². The second-order valence-corrected chi connectivity index (χ2v) is 9.88. The van der Waals surface area contributed by atoms with Crippen molar-refractivity contribution in [1.82, 2.24) is 9.55 Å². The molecule has 0 aliphatic heterocycles. The molecule has 0 aliphatic rings. The normalized spacial score (nSPS) is 11.5. The van der Waals surface area contributed by atoms with Crippen molar-refractivity contribution < 1.29 is 4.42 Å². The van der Waals surface area contributed by atoms with Gasteiger partial charge in [0.15, 0.2) is 0 Å². The van der Waals surface area contributed by atoms with Crippen molar-refractivity contribution in [2.75, 3.05) is 0 Å². The molecule has 0 aliphatic carbocycles. The van der Waals surface area contributed by atoms with Crippen LogP contribution in [0.3, 0.4) is 0 Å². The highest BCUT2D eigenvalue weighted by Crippen LogP contribution is 2.43. The fourth-order valence-electron chi connectivity index (χ4n) is 6.06. The Bertz CT molecular complexity index is 2300. The molecule has 4 heteroatoms. The van der Waals surface area contributed by atoms with Crippen molar-refractivity contribution in [1.29, 1.82) is 5.26 Å². The Kier molecular flexibility index (Phi) is 4.85. The lowest BCUT2D eigenvalue weighted by molar-refractivity contribution is 0.673. The average Bonchev–Trinajstić information content (AvgIpc) is 3.57. The van der Waals surface area contributed by atoms with E-state index in [9.17, 15) is 5.26 Å². The number of hydrogen-bond acceptors (Lipinski definition) is 3. The lowest BCUT2D eigenvalue weighted by Crippen LogP contribution is -1.98. The summed E-state index contributed by atoms with van der Waals surface area (Å²) < 4.78 is 8.82. The quantitative estimate of drug-likeness (QED) is 0.237. The molecule has 0 amide bonds. The molecule has 186 valence electrons. The van der Waals surface area contributed by atoms with E-state index in [0.717, 1.165) is 71.7 Å². The topological polar surface area (TPSA) is 54.8 Å². The summed E-state index contributed by atoms with van der Waals surface area (Å²) in [6, 6.07) is 42.1. The molecule has 8 rings (SSSR count). The van der Waals surface area contributed by atoms with Crippen molar-refractivity contribution in [3.8, 4) is 34.0 Å². The Morgan fingerprint density at radius 3 is 2.15 bits per heavy atom. The molecular weight excluding hydrogens is 490 g/mol. The molecule has 4 nitrogen and oxygen atoms in total. The molecular formula is C36H21N3O. The number of fused-ring (bicyclic) bond motifs is 7. The van der Waals surface area contributed by atoms with E-state index in [1.54, 1.807) is 12.4 Å². The highest BCUT2D eigenvalue weighted by molar-refractivity contribution is 6.24. The second kappa shape index (κ2) is 8.69. The number of benzene rings is 5. The third-order valence-corrected chi connectivity index (χ3v) is 7.77. The van der Waals surface area contributed by atoms with Gasteiger partial charge in [0.2, 0.25) is 0 Å². The molecule has 0 unspecified atom stereocenters. The predicted octanol–water partition coefficient (Wildman–Crippen LogP) is 9.28. The van der Waals surface area contributed by atoms with Crippen LogP contribution in [0.5, 0.6) is 0 Å². The molecule has 0 N–H and O–H groups in total. The van der Waals surface area contributed by atoms with Gasteiger partial charge in [0.25, 0.3) is 0 Å². The van der Waals surface area contributed by atoms with Gasteiger partial charge < -0.3 is 8.98 Å². The zero-order valence-electron chi connectivity index (χ0n) is 21.4. The first-order valence-electron chi connectivity index (χ1n) is 13.2. The molecule has 3 aromatic heterocycles. The minimum atomic E-state index is 0.552. The van der Waals surface area contributed by atoms with Crippen molar-refractivity contribution >= 4 is 43.7 Å². The summed E-state index contributed by atoms with van der Waals surface area (Å²) in [5, 5.41) is 14.3. The number of furan rings is 1. The summed E-state index contributed by atoms with van der Waals surface area (Å²) in [6.45, 7) is 0. The van der Waals surface area contributed by atoms with E-state index in [0.29, 0.717) is 5.56 Å². The molecule has 0 saturated carbocycles. The number of nitriles is 1. The van der Waals surface area contributed by atoms with Gasteiger partial charge in [0.1, 0.15) is 17.2 Å². The highest BCUT2D eigenvalue weighted by atomic mass is 16.3. The zero-order chi connectivity index (χ0) is 26.6. The lowest BCUT2D eigenvalue weighted by Gasteiger charge is -2.17. The highest BCUT2D eigenvalue weighted by Gasteiger charge is 2.21. The largest absolute Gasteiger partial charge is 0.455 e. The Hall–Kier alpha value is -5.66. The van der Waals surface area contributed by atoms with E-state index in [2.05, 4.69) is 101 Å². The maximum atomic E-state index is 9.82. The maximum Gasteiger partial charge on any atom is 0.145 e. The van der Waals surface area contributed by atoms with Crippen LogP contribution in [0.15, 0.2) is 132 Å². The molecule has 40 heavy (non-hydrogen) atoms. The SMILES string of the molecule is N#Cc1cnccc1-c1ccccc1-c1ccccc1-n1c2ccccc2c2c3oc4ccccc4c3ccc21. The fraction of sp³-hybridized carbons (Fsp3) is 0. The van der Waals surface area contributed by atoms with Gasteiger partial charge in [-0.15, -0.1) is 0 Å². The molecule has 0 spiro atoms. The van der Waals surface area contributed by atoms with Crippen LogP contribution < -0.4 is 0 Å². The van der Waals surface area contributed by atoms with Crippen LogP contribution in [0.2, 0.25) is 0 Å².